The van der Waals surface area contributed by atoms with Crippen LogP contribution in [0, 0.1) is 0 Å². The minimum absolute atomic E-state index is 0.106. The number of methoxy groups -OCH3 is 2. The highest BCUT2D eigenvalue weighted by molar-refractivity contribution is 4.96. The van der Waals surface area contributed by atoms with E-state index < -0.39 is 0 Å². The largest absolute Gasteiger partial charge is 0.358 e. The van der Waals surface area contributed by atoms with Gasteiger partial charge in [0, 0.05) is 14.2 Å². The van der Waals surface area contributed by atoms with Gasteiger partial charge >= 0.3 is 0 Å². The molecule has 2 rings (SSSR count). The summed E-state index contributed by atoms with van der Waals surface area (Å²) < 4.78 is 20.4. The van der Waals surface area contributed by atoms with Crippen LogP contribution in [0.25, 0.3) is 0 Å². The van der Waals surface area contributed by atoms with Gasteiger partial charge < -0.3 is 18.9 Å². The summed E-state index contributed by atoms with van der Waals surface area (Å²) >= 11 is 0. The van der Waals surface area contributed by atoms with Crippen molar-refractivity contribution in [1.29, 1.82) is 0 Å². The van der Waals surface area contributed by atoms with Gasteiger partial charge in [0.15, 0.2) is 12.6 Å². The molecule has 2 saturated heterocycles. The Balaban J connectivity index is 1.95. The molecule has 0 aromatic carbocycles. The van der Waals surface area contributed by atoms with Gasteiger partial charge in [-0.1, -0.05) is 0 Å². The summed E-state index contributed by atoms with van der Waals surface area (Å²) in [6.45, 7) is 0. The van der Waals surface area contributed by atoms with Gasteiger partial charge in [-0.3, -0.25) is 0 Å². The summed E-state index contributed by atoms with van der Waals surface area (Å²) in [5.74, 6) is 0. The van der Waals surface area contributed by atoms with Crippen LogP contribution in [0.4, 0.5) is 0 Å². The Kier molecular flexibility index (Phi) is 1.42. The average molecular weight is 146 g/mol. The SMILES string of the molecule is CO[C@H]1O[C@@H](OC)[C@@H]2O[C@H]12. The van der Waals surface area contributed by atoms with E-state index in [4.69, 9.17) is 18.9 Å². The minimum Gasteiger partial charge on any atom is -0.358 e. The molecule has 0 unspecified atom stereocenters. The van der Waals surface area contributed by atoms with Crippen molar-refractivity contribution in [3.05, 3.63) is 0 Å². The van der Waals surface area contributed by atoms with Gasteiger partial charge in [0.2, 0.25) is 0 Å². The first-order chi connectivity index (χ1) is 4.86. The van der Waals surface area contributed by atoms with Crippen molar-refractivity contribution < 1.29 is 18.9 Å². The third-order valence-corrected chi connectivity index (χ3v) is 1.83. The van der Waals surface area contributed by atoms with Crippen LogP contribution in [0.5, 0.6) is 0 Å². The fraction of sp³-hybridized carbons (Fsp3) is 1.00. The van der Waals surface area contributed by atoms with Gasteiger partial charge in [-0.25, -0.2) is 0 Å². The maximum atomic E-state index is 5.25. The molecule has 0 bridgehead atoms. The Labute approximate surface area is 59.0 Å². The lowest BCUT2D eigenvalue weighted by molar-refractivity contribution is -0.226. The van der Waals surface area contributed by atoms with E-state index in [-0.39, 0.29) is 24.8 Å². The maximum absolute atomic E-state index is 5.25. The lowest BCUT2D eigenvalue weighted by atomic mass is 10.3. The Hall–Kier alpha value is -0.160. The highest BCUT2D eigenvalue weighted by Gasteiger charge is 2.59. The van der Waals surface area contributed by atoms with Gasteiger partial charge in [0.25, 0.3) is 0 Å². The molecule has 58 valence electrons. The van der Waals surface area contributed by atoms with E-state index in [1.54, 1.807) is 14.2 Å². The van der Waals surface area contributed by atoms with Crippen LogP contribution in [-0.2, 0) is 18.9 Å². The van der Waals surface area contributed by atoms with E-state index in [0.717, 1.165) is 0 Å². The van der Waals surface area contributed by atoms with Crippen molar-refractivity contribution >= 4 is 0 Å². The number of hydrogen-bond acceptors (Lipinski definition) is 4. The Morgan fingerprint density at radius 2 is 1.40 bits per heavy atom. The molecule has 0 spiro atoms. The van der Waals surface area contributed by atoms with Gasteiger partial charge in [-0.05, 0) is 0 Å². The second-order valence-electron chi connectivity index (χ2n) is 2.41. The zero-order chi connectivity index (χ0) is 7.14. The van der Waals surface area contributed by atoms with Crippen molar-refractivity contribution in [3.63, 3.8) is 0 Å². The molecule has 4 nitrogen and oxygen atoms in total. The zero-order valence-electron chi connectivity index (χ0n) is 5.94. The summed E-state index contributed by atoms with van der Waals surface area (Å²) in [5, 5.41) is 0. The number of hydrogen-bond donors (Lipinski definition) is 0. The summed E-state index contributed by atoms with van der Waals surface area (Å²) in [7, 11) is 3.20. The van der Waals surface area contributed by atoms with Crippen LogP contribution in [0.1, 0.15) is 0 Å². The lowest BCUT2D eigenvalue weighted by Crippen LogP contribution is -2.22. The lowest BCUT2D eigenvalue weighted by Gasteiger charge is -2.13. The van der Waals surface area contributed by atoms with Crippen LogP contribution in [0.2, 0.25) is 0 Å². The van der Waals surface area contributed by atoms with Crippen molar-refractivity contribution in [2.75, 3.05) is 14.2 Å². The molecule has 4 heteroatoms. The first-order valence-electron chi connectivity index (χ1n) is 3.23. The van der Waals surface area contributed by atoms with Crippen molar-refractivity contribution in [3.8, 4) is 0 Å². The highest BCUT2D eigenvalue weighted by Crippen LogP contribution is 2.39. The molecule has 10 heavy (non-hydrogen) atoms. The quantitative estimate of drug-likeness (QED) is 0.503. The van der Waals surface area contributed by atoms with Gasteiger partial charge in [0.05, 0.1) is 0 Å². The van der Waals surface area contributed by atoms with E-state index in [1.807, 2.05) is 0 Å². The summed E-state index contributed by atoms with van der Waals surface area (Å²) in [6, 6.07) is 0. The predicted octanol–water partition coefficient (Wildman–Crippen LogP) is -0.271. The molecule has 0 aromatic heterocycles. The maximum Gasteiger partial charge on any atom is 0.189 e. The molecule has 2 heterocycles. The molecule has 0 N–H and O–H groups in total. The number of ether oxygens (including phenoxy) is 4. The van der Waals surface area contributed by atoms with Crippen molar-refractivity contribution in [2.24, 2.45) is 0 Å². The standard InChI is InChI=1S/C6H10O4/c1-7-5-3-4(9-3)6(8-2)10-5/h3-6H,1-2H3/t3-,4+,5-,6+. The molecule has 0 aromatic rings. The van der Waals surface area contributed by atoms with Crippen LogP contribution in [-0.4, -0.2) is 39.0 Å². The molecular weight excluding hydrogens is 136 g/mol. The molecule has 2 aliphatic heterocycles. The fourth-order valence-electron chi connectivity index (χ4n) is 1.24. The zero-order valence-corrected chi connectivity index (χ0v) is 5.94. The molecule has 4 atom stereocenters. The van der Waals surface area contributed by atoms with E-state index >= 15 is 0 Å². The van der Waals surface area contributed by atoms with E-state index in [0.29, 0.717) is 0 Å². The van der Waals surface area contributed by atoms with Crippen LogP contribution < -0.4 is 0 Å². The molecular formula is C6H10O4. The van der Waals surface area contributed by atoms with Crippen molar-refractivity contribution in [2.45, 2.75) is 24.8 Å². The summed E-state index contributed by atoms with van der Waals surface area (Å²) in [5.41, 5.74) is 0. The first-order valence-corrected chi connectivity index (χ1v) is 3.23. The molecule has 0 saturated carbocycles. The van der Waals surface area contributed by atoms with Crippen LogP contribution in [0.3, 0.4) is 0 Å². The topological polar surface area (TPSA) is 40.2 Å². The monoisotopic (exact) mass is 146 g/mol. The third-order valence-electron chi connectivity index (χ3n) is 1.83. The number of rotatable bonds is 2. The smallest absolute Gasteiger partial charge is 0.189 e. The number of epoxide rings is 1. The molecule has 2 aliphatic rings. The summed E-state index contributed by atoms with van der Waals surface area (Å²) in [6.07, 6.45) is -0.241. The summed E-state index contributed by atoms with van der Waals surface area (Å²) in [4.78, 5) is 0. The fourth-order valence-corrected chi connectivity index (χ4v) is 1.24. The van der Waals surface area contributed by atoms with Crippen LogP contribution in [0.15, 0.2) is 0 Å². The highest BCUT2D eigenvalue weighted by atomic mass is 16.8. The first kappa shape index (κ1) is 6.54. The molecule has 0 amide bonds. The minimum atomic E-state index is -0.227. The second-order valence-corrected chi connectivity index (χ2v) is 2.41. The number of fused-ring (bicyclic) bond motifs is 1. The Bertz CT molecular complexity index is 124. The van der Waals surface area contributed by atoms with Gasteiger partial charge in [-0.2, -0.15) is 0 Å². The van der Waals surface area contributed by atoms with Crippen LogP contribution >= 0.6 is 0 Å². The van der Waals surface area contributed by atoms with Gasteiger partial charge in [-0.15, -0.1) is 0 Å². The van der Waals surface area contributed by atoms with Crippen molar-refractivity contribution in [1.82, 2.24) is 0 Å². The molecule has 0 radical (unpaired) electrons. The average Bonchev–Trinajstić information content (AvgIpc) is 2.67. The predicted molar refractivity (Wildman–Crippen MR) is 31.3 cm³/mol. The molecule has 0 aliphatic carbocycles. The normalized spacial score (nSPS) is 51.0. The van der Waals surface area contributed by atoms with E-state index in [2.05, 4.69) is 0 Å². The second kappa shape index (κ2) is 2.17. The van der Waals surface area contributed by atoms with E-state index in [1.165, 1.54) is 0 Å². The Morgan fingerprint density at radius 3 is 1.70 bits per heavy atom. The Morgan fingerprint density at radius 1 is 0.900 bits per heavy atom. The van der Waals surface area contributed by atoms with E-state index in [9.17, 15) is 0 Å². The third kappa shape index (κ3) is 0.769. The molecule has 2 fully saturated rings. The van der Waals surface area contributed by atoms with Gasteiger partial charge in [0.1, 0.15) is 12.2 Å².